The van der Waals surface area contributed by atoms with E-state index >= 15 is 0 Å². The van der Waals surface area contributed by atoms with Crippen LogP contribution in [-0.2, 0) is 9.53 Å². The van der Waals surface area contributed by atoms with Crippen LogP contribution in [0.1, 0.15) is 16.8 Å². The smallest absolute Gasteiger partial charge is 0.258 e. The number of amides is 2. The molecule has 118 valence electrons. The Morgan fingerprint density at radius 3 is 3.09 bits per heavy atom. The van der Waals surface area contributed by atoms with E-state index in [1.54, 1.807) is 17.0 Å². The molecule has 0 unspecified atom stereocenters. The van der Waals surface area contributed by atoms with E-state index in [0.29, 0.717) is 24.4 Å². The van der Waals surface area contributed by atoms with Crippen LogP contribution in [0.2, 0.25) is 0 Å². The molecule has 0 saturated carbocycles. The minimum atomic E-state index is -0.511. The van der Waals surface area contributed by atoms with Gasteiger partial charge in [0.05, 0.1) is 17.7 Å². The summed E-state index contributed by atoms with van der Waals surface area (Å²) in [6, 6.07) is 4.41. The molecule has 1 aromatic rings. The molecule has 5 nitrogen and oxygen atoms in total. The number of rotatable bonds is 2. The molecule has 0 aliphatic carbocycles. The van der Waals surface area contributed by atoms with E-state index in [1.165, 1.54) is 17.8 Å². The summed E-state index contributed by atoms with van der Waals surface area (Å²) in [4.78, 5) is 26.3. The Kier molecular flexibility index (Phi) is 4.35. The first-order chi connectivity index (χ1) is 10.6. The molecule has 0 bridgehead atoms. The zero-order chi connectivity index (χ0) is 15.7. The number of fused-ring (bicyclic) bond motifs is 1. The Balaban J connectivity index is 1.80. The van der Waals surface area contributed by atoms with Crippen LogP contribution in [0, 0.1) is 5.82 Å². The van der Waals surface area contributed by atoms with Crippen molar-refractivity contribution >= 4 is 23.6 Å². The fourth-order valence-corrected chi connectivity index (χ4v) is 3.53. The largest absolute Gasteiger partial charge is 0.366 e. The number of ether oxygens (including phenoxy) is 1. The summed E-state index contributed by atoms with van der Waals surface area (Å²) in [6.45, 7) is 0.911. The van der Waals surface area contributed by atoms with Crippen molar-refractivity contribution < 1.29 is 18.7 Å². The van der Waals surface area contributed by atoms with Gasteiger partial charge in [-0.2, -0.15) is 0 Å². The van der Waals surface area contributed by atoms with Gasteiger partial charge in [-0.05, 0) is 24.8 Å². The maximum atomic E-state index is 14.1. The molecule has 3 rings (SSSR count). The van der Waals surface area contributed by atoms with Crippen molar-refractivity contribution in [2.75, 3.05) is 26.0 Å². The van der Waals surface area contributed by atoms with Crippen LogP contribution in [0.3, 0.4) is 0 Å². The Bertz CT molecular complexity index is 610. The average Bonchev–Trinajstić information content (AvgIpc) is 2.53. The van der Waals surface area contributed by atoms with Crippen LogP contribution in [-0.4, -0.2) is 54.8 Å². The molecule has 0 radical (unpaired) electrons. The van der Waals surface area contributed by atoms with Gasteiger partial charge in [0, 0.05) is 18.0 Å². The third-order valence-corrected chi connectivity index (χ3v) is 4.80. The first-order valence-electron chi connectivity index (χ1n) is 7.13. The summed E-state index contributed by atoms with van der Waals surface area (Å²) >= 11 is 1.34. The molecule has 2 amide bonds. The number of hydrogen-bond acceptors (Lipinski definition) is 4. The Morgan fingerprint density at radius 1 is 1.50 bits per heavy atom. The first kappa shape index (κ1) is 15.3. The summed E-state index contributed by atoms with van der Waals surface area (Å²) < 4.78 is 19.6. The number of nitrogens with one attached hydrogen (secondary N) is 1. The SMILES string of the molecule is CSc1cccc(F)c1C(=O)N1CC[C@@H]2OCC(=O)N[C@H]2C1. The number of piperidine rings is 1. The molecule has 2 heterocycles. The lowest BCUT2D eigenvalue weighted by Gasteiger charge is -2.41. The highest BCUT2D eigenvalue weighted by atomic mass is 32.2. The van der Waals surface area contributed by atoms with Gasteiger partial charge < -0.3 is 15.0 Å². The predicted molar refractivity (Wildman–Crippen MR) is 80.4 cm³/mol. The summed E-state index contributed by atoms with van der Waals surface area (Å²) in [7, 11) is 0. The molecular formula is C15H17FN2O3S. The van der Waals surface area contributed by atoms with Crippen molar-refractivity contribution in [2.45, 2.75) is 23.5 Å². The molecule has 2 aliphatic heterocycles. The second-order valence-electron chi connectivity index (χ2n) is 5.38. The quantitative estimate of drug-likeness (QED) is 0.833. The minimum absolute atomic E-state index is 0.0672. The van der Waals surface area contributed by atoms with Gasteiger partial charge in [-0.1, -0.05) is 6.07 Å². The molecular weight excluding hydrogens is 307 g/mol. The van der Waals surface area contributed by atoms with Crippen molar-refractivity contribution in [3.63, 3.8) is 0 Å². The lowest BCUT2D eigenvalue weighted by molar-refractivity contribution is -0.139. The molecule has 2 saturated heterocycles. The highest BCUT2D eigenvalue weighted by molar-refractivity contribution is 7.98. The zero-order valence-corrected chi connectivity index (χ0v) is 13.0. The van der Waals surface area contributed by atoms with Gasteiger partial charge in [0.25, 0.3) is 5.91 Å². The second-order valence-corrected chi connectivity index (χ2v) is 6.23. The van der Waals surface area contributed by atoms with E-state index in [0.717, 1.165) is 0 Å². The van der Waals surface area contributed by atoms with Crippen LogP contribution < -0.4 is 5.32 Å². The first-order valence-corrected chi connectivity index (χ1v) is 8.35. The number of nitrogens with zero attached hydrogens (tertiary/aromatic N) is 1. The third kappa shape index (κ3) is 2.83. The number of carbonyl (C=O) groups is 2. The normalized spacial score (nSPS) is 24.6. The number of benzene rings is 1. The lowest BCUT2D eigenvalue weighted by atomic mass is 9.99. The number of likely N-dealkylation sites (tertiary alicyclic amines) is 1. The Hall–Kier alpha value is -1.60. The average molecular weight is 324 g/mol. The minimum Gasteiger partial charge on any atom is -0.366 e. The monoisotopic (exact) mass is 324 g/mol. The van der Waals surface area contributed by atoms with Gasteiger partial charge in [-0.3, -0.25) is 9.59 Å². The fraction of sp³-hybridized carbons (Fsp3) is 0.467. The number of thioether (sulfide) groups is 1. The van der Waals surface area contributed by atoms with Gasteiger partial charge in [0.2, 0.25) is 5.91 Å². The highest BCUT2D eigenvalue weighted by Crippen LogP contribution is 2.26. The molecule has 0 spiro atoms. The van der Waals surface area contributed by atoms with Gasteiger partial charge in [0.15, 0.2) is 0 Å². The maximum Gasteiger partial charge on any atom is 0.258 e. The van der Waals surface area contributed by atoms with E-state index in [4.69, 9.17) is 4.74 Å². The fourth-order valence-electron chi connectivity index (χ4n) is 2.92. The Morgan fingerprint density at radius 2 is 2.32 bits per heavy atom. The van der Waals surface area contributed by atoms with E-state index in [9.17, 15) is 14.0 Å². The third-order valence-electron chi connectivity index (χ3n) is 4.02. The summed E-state index contributed by atoms with van der Waals surface area (Å²) in [5.74, 6) is -1.02. The van der Waals surface area contributed by atoms with Crippen LogP contribution >= 0.6 is 11.8 Å². The van der Waals surface area contributed by atoms with Crippen molar-refractivity contribution in [2.24, 2.45) is 0 Å². The van der Waals surface area contributed by atoms with E-state index in [1.807, 2.05) is 6.26 Å². The molecule has 1 aromatic carbocycles. The van der Waals surface area contributed by atoms with Gasteiger partial charge in [-0.15, -0.1) is 11.8 Å². The summed E-state index contributed by atoms with van der Waals surface area (Å²) in [5, 5.41) is 2.84. The second kappa shape index (κ2) is 6.26. The molecule has 22 heavy (non-hydrogen) atoms. The van der Waals surface area contributed by atoms with Crippen molar-refractivity contribution in [3.05, 3.63) is 29.6 Å². The summed E-state index contributed by atoms with van der Waals surface area (Å²) in [6.07, 6.45) is 2.38. The van der Waals surface area contributed by atoms with Crippen LogP contribution in [0.25, 0.3) is 0 Å². The highest BCUT2D eigenvalue weighted by Gasteiger charge is 2.37. The van der Waals surface area contributed by atoms with Crippen LogP contribution in [0.15, 0.2) is 23.1 Å². The van der Waals surface area contributed by atoms with E-state index in [2.05, 4.69) is 5.32 Å². The standard InChI is InChI=1S/C15H17FN2O3S/c1-22-12-4-2-3-9(16)14(12)15(20)18-6-5-11-10(7-18)17-13(19)8-21-11/h2-4,10-11H,5-8H2,1H3,(H,17,19)/t10-,11-/m0/s1. The molecule has 0 aromatic heterocycles. The van der Waals surface area contributed by atoms with Crippen molar-refractivity contribution in [1.29, 1.82) is 0 Å². The van der Waals surface area contributed by atoms with Gasteiger partial charge in [0.1, 0.15) is 12.4 Å². The number of hydrogen-bond donors (Lipinski definition) is 1. The topological polar surface area (TPSA) is 58.6 Å². The van der Waals surface area contributed by atoms with Crippen molar-refractivity contribution in [3.8, 4) is 0 Å². The zero-order valence-electron chi connectivity index (χ0n) is 12.2. The van der Waals surface area contributed by atoms with E-state index in [-0.39, 0.29) is 36.1 Å². The van der Waals surface area contributed by atoms with Gasteiger partial charge in [-0.25, -0.2) is 4.39 Å². The lowest BCUT2D eigenvalue weighted by Crippen LogP contribution is -2.61. The molecule has 7 heteroatoms. The predicted octanol–water partition coefficient (Wildman–Crippen LogP) is 1.28. The number of morpholine rings is 1. The number of halogens is 1. The molecule has 2 aliphatic rings. The van der Waals surface area contributed by atoms with Crippen LogP contribution in [0.4, 0.5) is 4.39 Å². The van der Waals surface area contributed by atoms with E-state index < -0.39 is 5.82 Å². The molecule has 2 fully saturated rings. The molecule has 1 N–H and O–H groups in total. The Labute approximate surface area is 132 Å². The summed E-state index contributed by atoms with van der Waals surface area (Å²) in [5.41, 5.74) is 0.108. The maximum absolute atomic E-state index is 14.1. The van der Waals surface area contributed by atoms with Gasteiger partial charge >= 0.3 is 0 Å². The van der Waals surface area contributed by atoms with Crippen molar-refractivity contribution in [1.82, 2.24) is 10.2 Å². The molecule has 2 atom stereocenters. The van der Waals surface area contributed by atoms with Crippen LogP contribution in [0.5, 0.6) is 0 Å². The number of carbonyl (C=O) groups excluding carboxylic acids is 2.